The predicted octanol–water partition coefficient (Wildman–Crippen LogP) is 1.94. The summed E-state index contributed by atoms with van der Waals surface area (Å²) in [5.74, 6) is -0.350. The molecular weight excluding hydrogens is 208 g/mol. The highest BCUT2D eigenvalue weighted by atomic mass is 16.5. The van der Waals surface area contributed by atoms with Gasteiger partial charge in [-0.1, -0.05) is 6.07 Å². The first kappa shape index (κ1) is 12.3. The van der Waals surface area contributed by atoms with Crippen LogP contribution in [-0.4, -0.2) is 25.3 Å². The van der Waals surface area contributed by atoms with Crippen molar-refractivity contribution in [2.24, 2.45) is 0 Å². The van der Waals surface area contributed by atoms with Crippen LogP contribution in [0.3, 0.4) is 0 Å². The van der Waals surface area contributed by atoms with E-state index in [0.717, 1.165) is 17.2 Å². The summed E-state index contributed by atoms with van der Waals surface area (Å²) >= 11 is 0. The van der Waals surface area contributed by atoms with Crippen LogP contribution in [0.4, 0.5) is 0 Å². The number of aliphatic carboxylic acids is 1. The molecule has 0 aliphatic heterocycles. The Morgan fingerprint density at radius 1 is 1.44 bits per heavy atom. The van der Waals surface area contributed by atoms with Gasteiger partial charge < -0.3 is 14.6 Å². The molecule has 1 N–H and O–H groups in total. The molecule has 0 aromatic heterocycles. The smallest absolute Gasteiger partial charge is 0.328 e. The Labute approximate surface area is 94.1 Å². The molecule has 4 heteroatoms. The van der Waals surface area contributed by atoms with Gasteiger partial charge in [-0.2, -0.15) is 0 Å². The minimum absolute atomic E-state index is 0.484. The van der Waals surface area contributed by atoms with Crippen LogP contribution < -0.4 is 4.74 Å². The molecule has 1 aromatic rings. The summed E-state index contributed by atoms with van der Waals surface area (Å²) in [6, 6.07) is 5.50. The lowest BCUT2D eigenvalue weighted by Crippen LogP contribution is -1.93. The van der Waals surface area contributed by atoms with Gasteiger partial charge in [-0.25, -0.2) is 4.79 Å². The van der Waals surface area contributed by atoms with Gasteiger partial charge in [0.25, 0.3) is 0 Å². The highest BCUT2D eigenvalue weighted by Gasteiger charge is 2.02. The fourth-order valence-corrected chi connectivity index (χ4v) is 1.33. The highest BCUT2D eigenvalue weighted by molar-refractivity contribution is 5.85. The van der Waals surface area contributed by atoms with Crippen LogP contribution in [0.2, 0.25) is 0 Å². The largest absolute Gasteiger partial charge is 0.496 e. The van der Waals surface area contributed by atoms with Crippen molar-refractivity contribution in [2.45, 2.75) is 6.61 Å². The summed E-state index contributed by atoms with van der Waals surface area (Å²) in [6.45, 7) is 0.484. The lowest BCUT2D eigenvalue weighted by Gasteiger charge is -2.07. The zero-order chi connectivity index (χ0) is 12.0. The Bertz CT molecular complexity index is 396. The van der Waals surface area contributed by atoms with Gasteiger partial charge in [0.05, 0.1) is 13.7 Å². The van der Waals surface area contributed by atoms with E-state index in [1.165, 1.54) is 6.08 Å². The number of carboxylic acids is 1. The van der Waals surface area contributed by atoms with Crippen LogP contribution >= 0.6 is 0 Å². The van der Waals surface area contributed by atoms with Crippen molar-refractivity contribution in [1.82, 2.24) is 0 Å². The molecule has 0 aliphatic carbocycles. The average Bonchev–Trinajstić information content (AvgIpc) is 2.27. The quantitative estimate of drug-likeness (QED) is 0.773. The molecule has 0 unspecified atom stereocenters. The summed E-state index contributed by atoms with van der Waals surface area (Å²) in [6.07, 6.45) is 2.58. The molecule has 86 valence electrons. The number of methoxy groups -OCH3 is 2. The third-order valence-electron chi connectivity index (χ3n) is 2.01. The Balaban J connectivity index is 3.01. The van der Waals surface area contributed by atoms with Crippen LogP contribution in [0.15, 0.2) is 24.3 Å². The lowest BCUT2D eigenvalue weighted by molar-refractivity contribution is -0.131. The third kappa shape index (κ3) is 3.40. The maximum atomic E-state index is 10.4. The summed E-state index contributed by atoms with van der Waals surface area (Å²) in [7, 11) is 3.15. The van der Waals surface area contributed by atoms with Gasteiger partial charge >= 0.3 is 5.97 Å². The third-order valence-corrected chi connectivity index (χ3v) is 2.01. The van der Waals surface area contributed by atoms with Crippen molar-refractivity contribution < 1.29 is 19.4 Å². The van der Waals surface area contributed by atoms with E-state index in [-0.39, 0.29) is 0 Å². The molecule has 0 fully saturated rings. The van der Waals surface area contributed by atoms with E-state index < -0.39 is 5.97 Å². The number of ether oxygens (including phenoxy) is 2. The number of carbonyl (C=O) groups is 1. The molecule has 0 saturated heterocycles. The number of rotatable bonds is 5. The fraction of sp³-hybridized carbons (Fsp3) is 0.250. The first-order valence-corrected chi connectivity index (χ1v) is 4.74. The van der Waals surface area contributed by atoms with E-state index in [1.54, 1.807) is 20.3 Å². The maximum absolute atomic E-state index is 10.4. The van der Waals surface area contributed by atoms with Crippen LogP contribution in [-0.2, 0) is 16.1 Å². The topological polar surface area (TPSA) is 55.8 Å². The van der Waals surface area contributed by atoms with Gasteiger partial charge in [-0.15, -0.1) is 0 Å². The van der Waals surface area contributed by atoms with E-state index in [4.69, 9.17) is 14.6 Å². The summed E-state index contributed by atoms with van der Waals surface area (Å²) < 4.78 is 10.1. The van der Waals surface area contributed by atoms with Gasteiger partial charge in [0.15, 0.2) is 0 Å². The lowest BCUT2D eigenvalue weighted by atomic mass is 10.1. The van der Waals surface area contributed by atoms with Crippen molar-refractivity contribution in [2.75, 3.05) is 14.2 Å². The summed E-state index contributed by atoms with van der Waals surface area (Å²) in [4.78, 5) is 10.4. The molecule has 4 nitrogen and oxygen atoms in total. The molecule has 0 spiro atoms. The number of hydrogen-bond acceptors (Lipinski definition) is 3. The van der Waals surface area contributed by atoms with Gasteiger partial charge in [0, 0.05) is 18.7 Å². The van der Waals surface area contributed by atoms with Gasteiger partial charge in [-0.05, 0) is 23.8 Å². The molecule has 16 heavy (non-hydrogen) atoms. The first-order chi connectivity index (χ1) is 7.67. The summed E-state index contributed by atoms with van der Waals surface area (Å²) in [5.41, 5.74) is 1.69. The van der Waals surface area contributed by atoms with Crippen LogP contribution in [0.5, 0.6) is 5.75 Å². The first-order valence-electron chi connectivity index (χ1n) is 4.74. The highest BCUT2D eigenvalue weighted by Crippen LogP contribution is 2.21. The SMILES string of the molecule is COCc1ccc(OC)c(/C=C/C(=O)O)c1. The molecule has 1 aromatic carbocycles. The van der Waals surface area contributed by atoms with Crippen LogP contribution in [0.1, 0.15) is 11.1 Å². The van der Waals surface area contributed by atoms with Crippen LogP contribution in [0, 0.1) is 0 Å². The second kappa shape index (κ2) is 5.92. The monoisotopic (exact) mass is 222 g/mol. The molecule has 0 radical (unpaired) electrons. The van der Waals surface area contributed by atoms with E-state index in [9.17, 15) is 4.79 Å². The van der Waals surface area contributed by atoms with Crippen molar-refractivity contribution in [3.05, 3.63) is 35.4 Å². The Morgan fingerprint density at radius 3 is 2.75 bits per heavy atom. The minimum atomic E-state index is -0.987. The van der Waals surface area contributed by atoms with E-state index in [2.05, 4.69) is 0 Å². The minimum Gasteiger partial charge on any atom is -0.496 e. The maximum Gasteiger partial charge on any atom is 0.328 e. The number of carboxylic acid groups (broad SMARTS) is 1. The fourth-order valence-electron chi connectivity index (χ4n) is 1.33. The average molecular weight is 222 g/mol. The molecule has 0 saturated carbocycles. The standard InChI is InChI=1S/C12H14O4/c1-15-8-9-3-5-11(16-2)10(7-9)4-6-12(13)14/h3-7H,8H2,1-2H3,(H,13,14)/b6-4+. The zero-order valence-electron chi connectivity index (χ0n) is 9.27. The molecule has 0 amide bonds. The van der Waals surface area contributed by atoms with E-state index in [0.29, 0.717) is 12.4 Å². The zero-order valence-corrected chi connectivity index (χ0v) is 9.27. The molecule has 0 aliphatic rings. The number of benzene rings is 1. The van der Waals surface area contributed by atoms with Gasteiger partial charge in [-0.3, -0.25) is 0 Å². The number of hydrogen-bond donors (Lipinski definition) is 1. The predicted molar refractivity (Wildman–Crippen MR) is 60.4 cm³/mol. The molecular formula is C12H14O4. The Hall–Kier alpha value is -1.81. The molecule has 1 rings (SSSR count). The van der Waals surface area contributed by atoms with Crippen LogP contribution in [0.25, 0.3) is 6.08 Å². The normalized spacial score (nSPS) is 10.6. The van der Waals surface area contributed by atoms with E-state index >= 15 is 0 Å². The van der Waals surface area contributed by atoms with Crippen molar-refractivity contribution >= 4 is 12.0 Å². The second-order valence-electron chi connectivity index (χ2n) is 3.18. The van der Waals surface area contributed by atoms with Gasteiger partial charge in [0.1, 0.15) is 5.75 Å². The Kier molecular flexibility index (Phi) is 4.54. The second-order valence-corrected chi connectivity index (χ2v) is 3.18. The van der Waals surface area contributed by atoms with Crippen molar-refractivity contribution in [3.63, 3.8) is 0 Å². The Morgan fingerprint density at radius 2 is 2.19 bits per heavy atom. The molecule has 0 bridgehead atoms. The molecule has 0 atom stereocenters. The van der Waals surface area contributed by atoms with Crippen molar-refractivity contribution in [3.8, 4) is 5.75 Å². The van der Waals surface area contributed by atoms with Crippen molar-refractivity contribution in [1.29, 1.82) is 0 Å². The summed E-state index contributed by atoms with van der Waals surface area (Å²) in [5, 5.41) is 8.56. The van der Waals surface area contributed by atoms with Gasteiger partial charge in [0.2, 0.25) is 0 Å². The van der Waals surface area contributed by atoms with E-state index in [1.807, 2.05) is 12.1 Å². The molecule has 0 heterocycles.